The van der Waals surface area contributed by atoms with E-state index in [1.165, 1.54) is 0 Å². The van der Waals surface area contributed by atoms with E-state index in [2.05, 4.69) is 10.3 Å². The van der Waals surface area contributed by atoms with E-state index in [9.17, 15) is 9.90 Å². The Bertz CT molecular complexity index is 413. The lowest BCUT2D eigenvalue weighted by atomic mass is 9.88. The summed E-state index contributed by atoms with van der Waals surface area (Å²) in [5.41, 5.74) is 3.09. The van der Waals surface area contributed by atoms with Gasteiger partial charge in [0, 0.05) is 35.5 Å². The third kappa shape index (κ3) is 1.55. The first-order chi connectivity index (χ1) is 6.91. The average molecular weight is 208 g/mol. The van der Waals surface area contributed by atoms with Crippen LogP contribution in [0.5, 0.6) is 0 Å². The minimum Gasteiger partial charge on any atom is -0.478 e. The van der Waals surface area contributed by atoms with Crippen molar-refractivity contribution in [2.75, 3.05) is 0 Å². The molecule has 4 heteroatoms. The van der Waals surface area contributed by atoms with Crippen molar-refractivity contribution in [3.63, 3.8) is 0 Å². The molecule has 0 radical (unpaired) electrons. The molecule has 0 aromatic carbocycles. The Kier molecular flexibility index (Phi) is 2.12. The fourth-order valence-corrected chi connectivity index (χ4v) is 2.05. The summed E-state index contributed by atoms with van der Waals surface area (Å²) in [7, 11) is 0. The van der Waals surface area contributed by atoms with E-state index in [0.29, 0.717) is 12.1 Å². The molecule has 1 aromatic heterocycles. The number of aromatic nitrogens is 1. The molecule has 1 aliphatic heterocycles. The van der Waals surface area contributed by atoms with E-state index in [1.54, 1.807) is 0 Å². The van der Waals surface area contributed by atoms with E-state index in [1.807, 2.05) is 20.8 Å². The lowest BCUT2D eigenvalue weighted by molar-refractivity contribution is 0.0693. The molecule has 0 aliphatic carbocycles. The van der Waals surface area contributed by atoms with Gasteiger partial charge in [0.2, 0.25) is 0 Å². The molecular weight excluding hydrogens is 192 g/mol. The van der Waals surface area contributed by atoms with Gasteiger partial charge in [-0.3, -0.25) is 0 Å². The van der Waals surface area contributed by atoms with Crippen molar-refractivity contribution >= 4 is 5.97 Å². The van der Waals surface area contributed by atoms with Gasteiger partial charge in [0.25, 0.3) is 0 Å². The number of hydrogen-bond donors (Lipinski definition) is 3. The average Bonchev–Trinajstić information content (AvgIpc) is 2.56. The Morgan fingerprint density at radius 2 is 2.00 bits per heavy atom. The van der Waals surface area contributed by atoms with Crippen molar-refractivity contribution in [3.05, 3.63) is 22.5 Å². The van der Waals surface area contributed by atoms with E-state index in [0.717, 1.165) is 23.5 Å². The van der Waals surface area contributed by atoms with Gasteiger partial charge in [-0.25, -0.2) is 4.79 Å². The predicted molar refractivity (Wildman–Crippen MR) is 57.0 cm³/mol. The van der Waals surface area contributed by atoms with Crippen molar-refractivity contribution in [3.8, 4) is 0 Å². The Morgan fingerprint density at radius 3 is 2.53 bits per heavy atom. The second kappa shape index (κ2) is 3.10. The van der Waals surface area contributed by atoms with Crippen LogP contribution in [0, 0.1) is 0 Å². The van der Waals surface area contributed by atoms with Gasteiger partial charge in [0.1, 0.15) is 0 Å². The number of H-pyrrole nitrogens is 1. The highest BCUT2D eigenvalue weighted by molar-refractivity contribution is 5.92. The Hall–Kier alpha value is -1.29. The maximum Gasteiger partial charge on any atom is 0.337 e. The summed E-state index contributed by atoms with van der Waals surface area (Å²) in [6.45, 7) is 7.46. The molecule has 82 valence electrons. The normalized spacial score (nSPS) is 15.4. The minimum absolute atomic E-state index is 0.155. The van der Waals surface area contributed by atoms with Crippen LogP contribution in [0.2, 0.25) is 0 Å². The first-order valence-corrected chi connectivity index (χ1v) is 5.09. The van der Waals surface area contributed by atoms with Gasteiger partial charge in [-0.2, -0.15) is 0 Å². The van der Waals surface area contributed by atoms with Crippen molar-refractivity contribution in [1.29, 1.82) is 0 Å². The summed E-state index contributed by atoms with van der Waals surface area (Å²) in [5.74, 6) is -0.832. The van der Waals surface area contributed by atoms with Crippen LogP contribution >= 0.6 is 0 Å². The topological polar surface area (TPSA) is 65.1 Å². The monoisotopic (exact) mass is 208 g/mol. The lowest BCUT2D eigenvalue weighted by Crippen LogP contribution is -2.18. The number of hydrogen-bond acceptors (Lipinski definition) is 2. The van der Waals surface area contributed by atoms with Gasteiger partial charge >= 0.3 is 5.97 Å². The van der Waals surface area contributed by atoms with E-state index >= 15 is 0 Å². The summed E-state index contributed by atoms with van der Waals surface area (Å²) in [6, 6.07) is 0. The first kappa shape index (κ1) is 10.2. The molecule has 0 bridgehead atoms. The van der Waals surface area contributed by atoms with Crippen LogP contribution in [0.4, 0.5) is 0 Å². The van der Waals surface area contributed by atoms with Crippen LogP contribution in [-0.4, -0.2) is 16.1 Å². The molecule has 0 spiro atoms. The number of aromatic amines is 1. The van der Waals surface area contributed by atoms with Crippen LogP contribution in [-0.2, 0) is 18.5 Å². The van der Waals surface area contributed by atoms with Crippen LogP contribution in [0.15, 0.2) is 0 Å². The van der Waals surface area contributed by atoms with Gasteiger partial charge in [-0.15, -0.1) is 0 Å². The van der Waals surface area contributed by atoms with Gasteiger partial charge in [-0.1, -0.05) is 20.8 Å². The smallest absolute Gasteiger partial charge is 0.337 e. The molecule has 0 atom stereocenters. The SMILES string of the molecule is CC(C)(C)c1[nH]c2c(c1C(=O)O)CNC2. The molecule has 0 saturated heterocycles. The maximum absolute atomic E-state index is 11.2. The Balaban J connectivity index is 2.62. The molecule has 0 unspecified atom stereocenters. The van der Waals surface area contributed by atoms with Crippen molar-refractivity contribution in [2.45, 2.75) is 39.3 Å². The second-order valence-electron chi connectivity index (χ2n) is 4.99. The molecule has 2 heterocycles. The molecule has 15 heavy (non-hydrogen) atoms. The van der Waals surface area contributed by atoms with Crippen molar-refractivity contribution in [1.82, 2.24) is 10.3 Å². The summed E-state index contributed by atoms with van der Waals surface area (Å²) >= 11 is 0. The van der Waals surface area contributed by atoms with E-state index < -0.39 is 5.97 Å². The zero-order valence-electron chi connectivity index (χ0n) is 9.27. The van der Waals surface area contributed by atoms with Crippen LogP contribution in [0.3, 0.4) is 0 Å². The number of nitrogens with one attached hydrogen (secondary N) is 2. The zero-order chi connectivity index (χ0) is 11.2. The summed E-state index contributed by atoms with van der Waals surface area (Å²) < 4.78 is 0. The molecular formula is C11H16N2O2. The van der Waals surface area contributed by atoms with Crippen LogP contribution < -0.4 is 5.32 Å². The molecule has 1 aromatic rings. The molecule has 0 fully saturated rings. The van der Waals surface area contributed by atoms with E-state index in [-0.39, 0.29) is 5.41 Å². The summed E-state index contributed by atoms with van der Waals surface area (Å²) in [4.78, 5) is 14.5. The molecule has 4 nitrogen and oxygen atoms in total. The lowest BCUT2D eigenvalue weighted by Gasteiger charge is -2.18. The Labute approximate surface area is 88.7 Å². The quantitative estimate of drug-likeness (QED) is 0.657. The van der Waals surface area contributed by atoms with Gasteiger partial charge in [-0.05, 0) is 0 Å². The van der Waals surface area contributed by atoms with E-state index in [4.69, 9.17) is 0 Å². The Morgan fingerprint density at radius 1 is 1.33 bits per heavy atom. The minimum atomic E-state index is -0.832. The standard InChI is InChI=1S/C11H16N2O2/c1-11(2,3)9-8(10(14)15)6-4-12-5-7(6)13-9/h12-13H,4-5H2,1-3H3,(H,14,15). The number of carboxylic acids is 1. The maximum atomic E-state index is 11.2. The third-order valence-electron chi connectivity index (χ3n) is 2.76. The molecule has 3 N–H and O–H groups in total. The molecule has 1 aliphatic rings. The number of carboxylic acid groups (broad SMARTS) is 1. The van der Waals surface area contributed by atoms with Crippen LogP contribution in [0.1, 0.15) is 48.1 Å². The highest BCUT2D eigenvalue weighted by atomic mass is 16.4. The highest BCUT2D eigenvalue weighted by Gasteiger charge is 2.30. The number of rotatable bonds is 1. The zero-order valence-corrected chi connectivity index (χ0v) is 9.27. The fraction of sp³-hybridized carbons (Fsp3) is 0.545. The third-order valence-corrected chi connectivity index (χ3v) is 2.76. The largest absolute Gasteiger partial charge is 0.478 e. The van der Waals surface area contributed by atoms with Gasteiger partial charge in [0.05, 0.1) is 5.56 Å². The highest BCUT2D eigenvalue weighted by Crippen LogP contribution is 2.31. The molecule has 2 rings (SSSR count). The molecule has 0 amide bonds. The van der Waals surface area contributed by atoms with Gasteiger partial charge in [0.15, 0.2) is 0 Å². The van der Waals surface area contributed by atoms with Gasteiger partial charge < -0.3 is 15.4 Å². The van der Waals surface area contributed by atoms with Crippen LogP contribution in [0.25, 0.3) is 0 Å². The summed E-state index contributed by atoms with van der Waals surface area (Å²) in [6.07, 6.45) is 0. The second-order valence-corrected chi connectivity index (χ2v) is 4.99. The number of aromatic carboxylic acids is 1. The van der Waals surface area contributed by atoms with Crippen molar-refractivity contribution in [2.24, 2.45) is 0 Å². The number of carbonyl (C=O) groups is 1. The number of fused-ring (bicyclic) bond motifs is 1. The molecule has 0 saturated carbocycles. The predicted octanol–water partition coefficient (Wildman–Crippen LogP) is 1.61. The fourth-order valence-electron chi connectivity index (χ4n) is 2.05. The van der Waals surface area contributed by atoms with Crippen molar-refractivity contribution < 1.29 is 9.90 Å². The first-order valence-electron chi connectivity index (χ1n) is 5.09. The summed E-state index contributed by atoms with van der Waals surface area (Å²) in [5, 5.41) is 12.4.